The fourth-order valence-electron chi connectivity index (χ4n) is 2.46. The molecule has 0 unspecified atom stereocenters. The number of nitrogens with one attached hydrogen (secondary N) is 1. The summed E-state index contributed by atoms with van der Waals surface area (Å²) in [7, 11) is 2.89. The molecule has 1 aromatic carbocycles. The number of halogens is 3. The Bertz CT molecular complexity index is 944. The van der Waals surface area contributed by atoms with Gasteiger partial charge in [-0.1, -0.05) is 0 Å². The van der Waals surface area contributed by atoms with Crippen LogP contribution >= 0.6 is 0 Å². The van der Waals surface area contributed by atoms with Crippen molar-refractivity contribution in [3.63, 3.8) is 0 Å². The third-order valence-corrected chi connectivity index (χ3v) is 3.75. The van der Waals surface area contributed by atoms with Crippen LogP contribution in [0.25, 0.3) is 5.69 Å². The molecule has 3 rings (SSSR count). The standard InChI is InChI=1S/C17H16F3N5O2/c1-24-10-14(15(23-24)17(18,19)20)16(26)21-9-11-7-8-25(22-11)12-3-5-13(27-2)6-4-12/h3-8,10H,9H2,1-2H3,(H,21,26). The Morgan fingerprint density at radius 1 is 1.19 bits per heavy atom. The summed E-state index contributed by atoms with van der Waals surface area (Å²) in [6, 6.07) is 8.83. The first-order chi connectivity index (χ1) is 12.8. The summed E-state index contributed by atoms with van der Waals surface area (Å²) in [4.78, 5) is 12.1. The van der Waals surface area contributed by atoms with Gasteiger partial charge in [-0.3, -0.25) is 9.48 Å². The van der Waals surface area contributed by atoms with Crippen LogP contribution in [0, 0.1) is 0 Å². The number of hydrogen-bond acceptors (Lipinski definition) is 4. The zero-order valence-corrected chi connectivity index (χ0v) is 14.5. The summed E-state index contributed by atoms with van der Waals surface area (Å²) in [6.45, 7) is -0.0197. The summed E-state index contributed by atoms with van der Waals surface area (Å²) in [5.41, 5.74) is -0.470. The molecule has 0 aliphatic rings. The average molecular weight is 379 g/mol. The first-order valence-electron chi connectivity index (χ1n) is 7.86. The summed E-state index contributed by atoms with van der Waals surface area (Å²) in [5.74, 6) is -0.162. The van der Waals surface area contributed by atoms with Crippen molar-refractivity contribution in [2.75, 3.05) is 7.11 Å². The normalized spacial score (nSPS) is 11.4. The Balaban J connectivity index is 1.69. The lowest BCUT2D eigenvalue weighted by Crippen LogP contribution is -2.25. The largest absolute Gasteiger partial charge is 0.497 e. The van der Waals surface area contributed by atoms with Gasteiger partial charge in [-0.25, -0.2) is 4.68 Å². The third kappa shape index (κ3) is 4.10. The van der Waals surface area contributed by atoms with Crippen LogP contribution in [0.2, 0.25) is 0 Å². The molecule has 0 bridgehead atoms. The van der Waals surface area contributed by atoms with Gasteiger partial charge in [-0.05, 0) is 30.3 Å². The molecule has 0 spiro atoms. The Hall–Kier alpha value is -3.30. The van der Waals surface area contributed by atoms with Crippen LogP contribution in [0.15, 0.2) is 42.7 Å². The molecule has 10 heteroatoms. The second-order valence-corrected chi connectivity index (χ2v) is 5.70. The van der Waals surface area contributed by atoms with Crippen molar-refractivity contribution < 1.29 is 22.7 Å². The molecule has 0 saturated carbocycles. The highest BCUT2D eigenvalue weighted by Crippen LogP contribution is 2.30. The maximum absolute atomic E-state index is 12.9. The van der Waals surface area contributed by atoms with Gasteiger partial charge < -0.3 is 10.1 Å². The number of aryl methyl sites for hydroxylation is 1. The van der Waals surface area contributed by atoms with Crippen molar-refractivity contribution in [3.05, 3.63) is 59.7 Å². The smallest absolute Gasteiger partial charge is 0.435 e. The van der Waals surface area contributed by atoms with Gasteiger partial charge in [0.15, 0.2) is 5.69 Å². The highest BCUT2D eigenvalue weighted by atomic mass is 19.4. The zero-order chi connectivity index (χ0) is 19.6. The van der Waals surface area contributed by atoms with Crippen molar-refractivity contribution in [1.82, 2.24) is 24.9 Å². The van der Waals surface area contributed by atoms with E-state index in [4.69, 9.17) is 4.74 Å². The second kappa shape index (κ2) is 7.14. The van der Waals surface area contributed by atoms with Crippen LogP contribution in [-0.2, 0) is 19.8 Å². The van der Waals surface area contributed by atoms with E-state index in [1.807, 2.05) is 0 Å². The third-order valence-electron chi connectivity index (χ3n) is 3.75. The van der Waals surface area contributed by atoms with E-state index in [0.29, 0.717) is 11.4 Å². The summed E-state index contributed by atoms with van der Waals surface area (Å²) in [6.07, 6.45) is -1.98. The number of nitrogens with zero attached hydrogens (tertiary/aromatic N) is 4. The van der Waals surface area contributed by atoms with Crippen LogP contribution < -0.4 is 10.1 Å². The number of amides is 1. The second-order valence-electron chi connectivity index (χ2n) is 5.70. The lowest BCUT2D eigenvalue weighted by Gasteiger charge is -2.06. The number of benzene rings is 1. The van der Waals surface area contributed by atoms with E-state index in [1.165, 1.54) is 7.05 Å². The molecule has 142 valence electrons. The minimum Gasteiger partial charge on any atom is -0.497 e. The van der Waals surface area contributed by atoms with Gasteiger partial charge in [-0.2, -0.15) is 23.4 Å². The van der Waals surface area contributed by atoms with Crippen molar-refractivity contribution in [2.24, 2.45) is 7.05 Å². The molecule has 0 radical (unpaired) electrons. The molecule has 0 saturated heterocycles. The number of aromatic nitrogens is 4. The average Bonchev–Trinajstić information content (AvgIpc) is 3.26. The molecule has 27 heavy (non-hydrogen) atoms. The SMILES string of the molecule is COc1ccc(-n2ccc(CNC(=O)c3cn(C)nc3C(F)(F)F)n2)cc1. The van der Waals surface area contributed by atoms with E-state index in [9.17, 15) is 18.0 Å². The molecular weight excluding hydrogens is 363 g/mol. The highest BCUT2D eigenvalue weighted by Gasteiger charge is 2.38. The molecular formula is C17H16F3N5O2. The molecule has 0 fully saturated rings. The first kappa shape index (κ1) is 18.5. The number of methoxy groups -OCH3 is 1. The predicted octanol–water partition coefficient (Wildman–Crippen LogP) is 2.56. The van der Waals surface area contributed by atoms with Crippen molar-refractivity contribution >= 4 is 5.91 Å². The molecule has 3 aromatic rings. The maximum atomic E-state index is 12.9. The number of alkyl halides is 3. The van der Waals surface area contributed by atoms with Crippen LogP contribution in [0.5, 0.6) is 5.75 Å². The van der Waals surface area contributed by atoms with Crippen molar-refractivity contribution in [3.8, 4) is 11.4 Å². The molecule has 0 aliphatic heterocycles. The molecule has 2 aromatic heterocycles. The Labute approximate surface area is 152 Å². The van der Waals surface area contributed by atoms with Gasteiger partial charge in [0.2, 0.25) is 0 Å². The van der Waals surface area contributed by atoms with E-state index in [1.54, 1.807) is 48.3 Å². The predicted molar refractivity (Wildman–Crippen MR) is 89.5 cm³/mol. The van der Waals surface area contributed by atoms with Crippen molar-refractivity contribution in [2.45, 2.75) is 12.7 Å². The quantitative estimate of drug-likeness (QED) is 0.740. The Morgan fingerprint density at radius 3 is 2.52 bits per heavy atom. The van der Waals surface area contributed by atoms with E-state index in [2.05, 4.69) is 15.5 Å². The highest BCUT2D eigenvalue weighted by molar-refractivity contribution is 5.95. The summed E-state index contributed by atoms with van der Waals surface area (Å²) >= 11 is 0. The summed E-state index contributed by atoms with van der Waals surface area (Å²) in [5, 5.41) is 10.0. The fraction of sp³-hybridized carbons (Fsp3) is 0.235. The number of ether oxygens (including phenoxy) is 1. The summed E-state index contributed by atoms with van der Waals surface area (Å²) < 4.78 is 46.5. The monoisotopic (exact) mass is 379 g/mol. The number of hydrogen-bond donors (Lipinski definition) is 1. The minimum absolute atomic E-state index is 0.0197. The van der Waals surface area contributed by atoms with E-state index >= 15 is 0 Å². The van der Waals surface area contributed by atoms with Gasteiger partial charge in [-0.15, -0.1) is 0 Å². The van der Waals surface area contributed by atoms with E-state index in [-0.39, 0.29) is 6.54 Å². The van der Waals surface area contributed by atoms with Crippen molar-refractivity contribution in [1.29, 1.82) is 0 Å². The molecule has 0 atom stereocenters. The molecule has 1 N–H and O–H groups in total. The maximum Gasteiger partial charge on any atom is 0.435 e. The van der Waals surface area contributed by atoms with Crippen LogP contribution in [0.3, 0.4) is 0 Å². The van der Waals surface area contributed by atoms with Crippen LogP contribution in [0.1, 0.15) is 21.7 Å². The lowest BCUT2D eigenvalue weighted by molar-refractivity contribution is -0.141. The Morgan fingerprint density at radius 2 is 1.89 bits per heavy atom. The molecule has 2 heterocycles. The number of carbonyl (C=O) groups is 1. The molecule has 7 nitrogen and oxygen atoms in total. The zero-order valence-electron chi connectivity index (χ0n) is 14.5. The Kier molecular flexibility index (Phi) is 4.89. The number of rotatable bonds is 5. The van der Waals surface area contributed by atoms with Gasteiger partial charge in [0, 0.05) is 19.4 Å². The van der Waals surface area contributed by atoms with E-state index in [0.717, 1.165) is 16.6 Å². The minimum atomic E-state index is -4.70. The fourth-order valence-corrected chi connectivity index (χ4v) is 2.46. The first-order valence-corrected chi connectivity index (χ1v) is 7.86. The van der Waals surface area contributed by atoms with Gasteiger partial charge in [0.25, 0.3) is 5.91 Å². The van der Waals surface area contributed by atoms with Crippen LogP contribution in [0.4, 0.5) is 13.2 Å². The van der Waals surface area contributed by atoms with Gasteiger partial charge in [0.1, 0.15) is 5.75 Å². The lowest BCUT2D eigenvalue weighted by atomic mass is 10.2. The van der Waals surface area contributed by atoms with Crippen LogP contribution in [-0.4, -0.2) is 32.6 Å². The molecule has 0 aliphatic carbocycles. The van der Waals surface area contributed by atoms with Gasteiger partial charge in [0.05, 0.1) is 30.6 Å². The topological polar surface area (TPSA) is 74.0 Å². The number of carbonyl (C=O) groups excluding carboxylic acids is 1. The van der Waals surface area contributed by atoms with Gasteiger partial charge >= 0.3 is 6.18 Å². The molecule has 1 amide bonds. The van der Waals surface area contributed by atoms with E-state index < -0.39 is 23.3 Å².